The van der Waals surface area contributed by atoms with Crippen LogP contribution in [0.5, 0.6) is 0 Å². The summed E-state index contributed by atoms with van der Waals surface area (Å²) >= 11 is 5.76. The normalized spacial score (nSPS) is 11.7. The van der Waals surface area contributed by atoms with Crippen LogP contribution in [0.2, 0.25) is 5.02 Å². The maximum atomic E-state index is 12.3. The summed E-state index contributed by atoms with van der Waals surface area (Å²) in [7, 11) is -3.82. The lowest BCUT2D eigenvalue weighted by Crippen LogP contribution is -2.05. The van der Waals surface area contributed by atoms with Crippen molar-refractivity contribution < 1.29 is 8.42 Å². The number of rotatable bonds is 4. The standard InChI is InChI=1S/C15H11ClN2O2S/c16-12-6-8-13(9-7-12)18-11-15(10-17)21(19,20)14-4-2-1-3-5-14/h1-9,11,18H/b15-11+. The zero-order valence-electron chi connectivity index (χ0n) is 10.8. The van der Waals surface area contributed by atoms with Crippen molar-refractivity contribution in [1.82, 2.24) is 0 Å². The number of sulfone groups is 1. The molecule has 1 N–H and O–H groups in total. The molecule has 0 aromatic heterocycles. The number of nitriles is 1. The first-order valence-corrected chi connectivity index (χ1v) is 7.82. The molecule has 0 aliphatic heterocycles. The number of hydrogen-bond donors (Lipinski definition) is 1. The number of allylic oxidation sites excluding steroid dienone is 1. The number of nitrogens with one attached hydrogen (secondary N) is 1. The molecule has 106 valence electrons. The van der Waals surface area contributed by atoms with Crippen molar-refractivity contribution in [2.45, 2.75) is 4.90 Å². The molecule has 0 bridgehead atoms. The molecule has 0 saturated heterocycles. The number of nitrogens with zero attached hydrogens (tertiary/aromatic N) is 1. The summed E-state index contributed by atoms with van der Waals surface area (Å²) in [6.07, 6.45) is 1.17. The molecule has 21 heavy (non-hydrogen) atoms. The third kappa shape index (κ3) is 3.63. The Morgan fingerprint density at radius 2 is 1.71 bits per heavy atom. The minimum atomic E-state index is -3.82. The lowest BCUT2D eigenvalue weighted by atomic mass is 10.3. The van der Waals surface area contributed by atoms with Crippen molar-refractivity contribution in [3.63, 3.8) is 0 Å². The van der Waals surface area contributed by atoms with Crippen LogP contribution in [0, 0.1) is 11.3 Å². The van der Waals surface area contributed by atoms with Crippen LogP contribution < -0.4 is 5.32 Å². The minimum absolute atomic E-state index is 0.0794. The Kier molecular flexibility index (Phi) is 4.63. The molecular weight excluding hydrogens is 308 g/mol. The first-order chi connectivity index (χ1) is 10.0. The highest BCUT2D eigenvalue weighted by atomic mass is 35.5. The van der Waals surface area contributed by atoms with Gasteiger partial charge in [0.15, 0.2) is 4.91 Å². The second-order valence-electron chi connectivity index (χ2n) is 4.09. The Hall–Kier alpha value is -2.29. The van der Waals surface area contributed by atoms with E-state index < -0.39 is 9.84 Å². The molecule has 0 spiro atoms. The van der Waals surface area contributed by atoms with Gasteiger partial charge in [0, 0.05) is 16.9 Å². The second kappa shape index (κ2) is 6.44. The van der Waals surface area contributed by atoms with Crippen LogP contribution in [0.3, 0.4) is 0 Å². The SMILES string of the molecule is N#C/C(=C\Nc1ccc(Cl)cc1)S(=O)(=O)c1ccccc1. The molecule has 0 amide bonds. The first-order valence-electron chi connectivity index (χ1n) is 5.96. The maximum Gasteiger partial charge on any atom is 0.218 e. The zero-order valence-corrected chi connectivity index (χ0v) is 12.4. The highest BCUT2D eigenvalue weighted by Crippen LogP contribution is 2.19. The van der Waals surface area contributed by atoms with Crippen molar-refractivity contribution in [2.75, 3.05) is 5.32 Å². The van der Waals surface area contributed by atoms with E-state index in [1.165, 1.54) is 18.3 Å². The molecule has 6 heteroatoms. The Morgan fingerprint density at radius 1 is 1.10 bits per heavy atom. The van der Waals surface area contributed by atoms with E-state index in [1.807, 2.05) is 0 Å². The van der Waals surface area contributed by atoms with Crippen molar-refractivity contribution in [2.24, 2.45) is 0 Å². The van der Waals surface area contributed by atoms with Crippen LogP contribution in [-0.4, -0.2) is 8.42 Å². The second-order valence-corrected chi connectivity index (χ2v) is 6.44. The quantitative estimate of drug-likeness (QED) is 0.875. The van der Waals surface area contributed by atoms with Crippen LogP contribution in [0.25, 0.3) is 0 Å². The zero-order chi connectivity index (χ0) is 15.3. The van der Waals surface area contributed by atoms with E-state index in [9.17, 15) is 8.42 Å². The van der Waals surface area contributed by atoms with Crippen LogP contribution in [-0.2, 0) is 9.84 Å². The predicted octanol–water partition coefficient (Wildman–Crippen LogP) is 3.59. The van der Waals surface area contributed by atoms with Gasteiger partial charge in [-0.1, -0.05) is 29.8 Å². The molecule has 0 aliphatic rings. The smallest absolute Gasteiger partial charge is 0.218 e. The van der Waals surface area contributed by atoms with Crippen LogP contribution in [0.15, 0.2) is 70.6 Å². The summed E-state index contributed by atoms with van der Waals surface area (Å²) in [5.74, 6) is 0. The van der Waals surface area contributed by atoms with Crippen molar-refractivity contribution in [3.8, 4) is 6.07 Å². The van der Waals surface area contributed by atoms with Gasteiger partial charge in [0.25, 0.3) is 0 Å². The van der Waals surface area contributed by atoms with Crippen LogP contribution in [0.4, 0.5) is 5.69 Å². The molecule has 4 nitrogen and oxygen atoms in total. The van der Waals surface area contributed by atoms with Gasteiger partial charge in [-0.25, -0.2) is 8.42 Å². The third-order valence-electron chi connectivity index (χ3n) is 2.67. The highest BCUT2D eigenvalue weighted by Gasteiger charge is 2.20. The number of halogens is 1. The fraction of sp³-hybridized carbons (Fsp3) is 0. The molecule has 0 radical (unpaired) electrons. The predicted molar refractivity (Wildman–Crippen MR) is 82.4 cm³/mol. The van der Waals surface area contributed by atoms with E-state index in [-0.39, 0.29) is 9.80 Å². The summed E-state index contributed by atoms with van der Waals surface area (Å²) < 4.78 is 24.6. The summed E-state index contributed by atoms with van der Waals surface area (Å²) in [6, 6.07) is 16.2. The average molecular weight is 319 g/mol. The minimum Gasteiger partial charge on any atom is -0.360 e. The Morgan fingerprint density at radius 3 is 2.29 bits per heavy atom. The molecule has 0 unspecified atom stereocenters. The van der Waals surface area contributed by atoms with E-state index in [4.69, 9.17) is 16.9 Å². The fourth-order valence-electron chi connectivity index (χ4n) is 1.59. The summed E-state index contributed by atoms with van der Waals surface area (Å²) in [5, 5.41) is 12.4. The molecule has 0 aliphatic carbocycles. The average Bonchev–Trinajstić information content (AvgIpc) is 2.50. The lowest BCUT2D eigenvalue weighted by Gasteiger charge is -2.04. The van der Waals surface area contributed by atoms with Gasteiger partial charge in [-0.2, -0.15) is 5.26 Å². The van der Waals surface area contributed by atoms with Gasteiger partial charge < -0.3 is 5.32 Å². The van der Waals surface area contributed by atoms with Gasteiger partial charge in [0.2, 0.25) is 9.84 Å². The van der Waals surface area contributed by atoms with Gasteiger partial charge in [0.05, 0.1) is 4.90 Å². The van der Waals surface area contributed by atoms with Gasteiger partial charge in [-0.3, -0.25) is 0 Å². The van der Waals surface area contributed by atoms with Crippen molar-refractivity contribution >= 4 is 27.1 Å². The Balaban J connectivity index is 2.29. The van der Waals surface area contributed by atoms with E-state index >= 15 is 0 Å². The molecule has 0 heterocycles. The van der Waals surface area contributed by atoms with Gasteiger partial charge in [0.1, 0.15) is 6.07 Å². The van der Waals surface area contributed by atoms with E-state index in [2.05, 4.69) is 5.32 Å². The third-order valence-corrected chi connectivity index (χ3v) is 4.60. The molecule has 2 aromatic rings. The van der Waals surface area contributed by atoms with E-state index in [0.29, 0.717) is 10.7 Å². The van der Waals surface area contributed by atoms with Crippen LogP contribution >= 0.6 is 11.6 Å². The maximum absolute atomic E-state index is 12.3. The molecular formula is C15H11ClN2O2S. The molecule has 2 aromatic carbocycles. The monoisotopic (exact) mass is 318 g/mol. The number of benzene rings is 2. The van der Waals surface area contributed by atoms with Gasteiger partial charge >= 0.3 is 0 Å². The number of anilines is 1. The van der Waals surface area contributed by atoms with Crippen molar-refractivity contribution in [1.29, 1.82) is 5.26 Å². The highest BCUT2D eigenvalue weighted by molar-refractivity contribution is 7.95. The van der Waals surface area contributed by atoms with Gasteiger partial charge in [-0.05, 0) is 36.4 Å². The van der Waals surface area contributed by atoms with E-state index in [1.54, 1.807) is 48.5 Å². The molecule has 0 saturated carbocycles. The molecule has 0 atom stereocenters. The summed E-state index contributed by atoms with van der Waals surface area (Å²) in [6.45, 7) is 0. The first kappa shape index (κ1) is 15.1. The Labute approximate surface area is 128 Å². The fourth-order valence-corrected chi connectivity index (χ4v) is 2.82. The van der Waals surface area contributed by atoms with Crippen molar-refractivity contribution in [3.05, 3.63) is 70.7 Å². The molecule has 0 fully saturated rings. The summed E-state index contributed by atoms with van der Waals surface area (Å²) in [5.41, 5.74) is 0.635. The topological polar surface area (TPSA) is 70.0 Å². The summed E-state index contributed by atoms with van der Waals surface area (Å²) in [4.78, 5) is -0.278. The number of hydrogen-bond acceptors (Lipinski definition) is 4. The van der Waals surface area contributed by atoms with E-state index in [0.717, 1.165) is 0 Å². The van der Waals surface area contributed by atoms with Gasteiger partial charge in [-0.15, -0.1) is 0 Å². The largest absolute Gasteiger partial charge is 0.360 e. The van der Waals surface area contributed by atoms with Crippen LogP contribution in [0.1, 0.15) is 0 Å². The lowest BCUT2D eigenvalue weighted by molar-refractivity contribution is 0.603. The Bertz CT molecular complexity index is 792. The molecule has 2 rings (SSSR count).